The molecule has 2 aromatic rings. The molecule has 1 heterocycles. The highest BCUT2D eigenvalue weighted by atomic mass is 16.6. The lowest BCUT2D eigenvalue weighted by Gasteiger charge is -1.95. The molecule has 76 valence electrons. The van der Waals surface area contributed by atoms with Crippen molar-refractivity contribution >= 4 is 5.69 Å². The van der Waals surface area contributed by atoms with E-state index in [1.54, 1.807) is 6.07 Å². The molecule has 0 atom stereocenters. The second-order valence-corrected chi connectivity index (χ2v) is 2.70. The van der Waals surface area contributed by atoms with Crippen LogP contribution in [0, 0.1) is 10.1 Å². The lowest BCUT2D eigenvalue weighted by atomic mass is 10.2. The number of nitrogens with one attached hydrogen (secondary N) is 1. The molecule has 7 heteroatoms. The number of para-hydroxylation sites is 1. The van der Waals surface area contributed by atoms with Crippen LogP contribution in [0.2, 0.25) is 0 Å². The predicted octanol–water partition coefficient (Wildman–Crippen LogP) is 0.938. The number of rotatable bonds is 2. The number of nitro groups is 1. The molecular weight excluding hydrogens is 202 g/mol. The number of hydrogen-bond acceptors (Lipinski definition) is 5. The first kappa shape index (κ1) is 9.13. The zero-order valence-electron chi connectivity index (χ0n) is 7.34. The van der Waals surface area contributed by atoms with Gasteiger partial charge in [0.25, 0.3) is 11.6 Å². The topological polar surface area (TPSA) is 102 Å². The molecule has 0 aliphatic heterocycles. The van der Waals surface area contributed by atoms with E-state index >= 15 is 0 Å². The Kier molecular flexibility index (Phi) is 2.05. The number of nitrogens with zero attached hydrogens (tertiary/aromatic N) is 2. The van der Waals surface area contributed by atoms with Crippen LogP contribution < -0.4 is 5.69 Å². The fourth-order valence-electron chi connectivity index (χ4n) is 1.16. The van der Waals surface area contributed by atoms with Gasteiger partial charge in [-0.2, -0.15) is 10.1 Å². The molecule has 0 amide bonds. The molecule has 7 nitrogen and oxygen atoms in total. The van der Waals surface area contributed by atoms with Gasteiger partial charge in [-0.3, -0.25) is 10.1 Å². The van der Waals surface area contributed by atoms with Gasteiger partial charge >= 0.3 is 5.69 Å². The molecule has 1 aromatic heterocycles. The van der Waals surface area contributed by atoms with Gasteiger partial charge in [0.1, 0.15) is 5.56 Å². The number of H-pyrrole nitrogens is 1. The van der Waals surface area contributed by atoms with E-state index in [2.05, 4.69) is 9.51 Å². The van der Waals surface area contributed by atoms with Gasteiger partial charge in [0.2, 0.25) is 0 Å². The molecule has 0 aliphatic rings. The van der Waals surface area contributed by atoms with Crippen molar-refractivity contribution in [2.24, 2.45) is 0 Å². The van der Waals surface area contributed by atoms with Crippen LogP contribution in [0.3, 0.4) is 0 Å². The van der Waals surface area contributed by atoms with Gasteiger partial charge in [0, 0.05) is 6.07 Å². The predicted molar refractivity (Wildman–Crippen MR) is 49.2 cm³/mol. The zero-order chi connectivity index (χ0) is 10.8. The second-order valence-electron chi connectivity index (χ2n) is 2.70. The Morgan fingerprint density at radius 1 is 1.40 bits per heavy atom. The average Bonchev–Trinajstić information content (AvgIpc) is 2.65. The van der Waals surface area contributed by atoms with Crippen LogP contribution in [-0.2, 0) is 0 Å². The molecule has 0 saturated carbocycles. The number of hydrogen-bond donors (Lipinski definition) is 1. The molecule has 0 radical (unpaired) electrons. The summed E-state index contributed by atoms with van der Waals surface area (Å²) in [5, 5.41) is 12.6. The quantitative estimate of drug-likeness (QED) is 0.583. The molecule has 0 unspecified atom stereocenters. The van der Waals surface area contributed by atoms with Crippen molar-refractivity contribution in [3.8, 4) is 11.5 Å². The van der Waals surface area contributed by atoms with Crippen LogP contribution in [0.5, 0.6) is 0 Å². The average molecular weight is 207 g/mol. The third-order valence-electron chi connectivity index (χ3n) is 1.77. The maximum absolute atomic E-state index is 10.7. The summed E-state index contributed by atoms with van der Waals surface area (Å²) in [6, 6.07) is 5.88. The van der Waals surface area contributed by atoms with Gasteiger partial charge in [-0.25, -0.2) is 4.79 Å². The fraction of sp³-hybridized carbons (Fsp3) is 0. The van der Waals surface area contributed by atoms with E-state index in [4.69, 9.17) is 0 Å². The molecule has 0 spiro atoms. The summed E-state index contributed by atoms with van der Waals surface area (Å²) in [7, 11) is 0. The van der Waals surface area contributed by atoms with Gasteiger partial charge in [-0.1, -0.05) is 12.1 Å². The smallest absolute Gasteiger partial charge is 0.356 e. The summed E-state index contributed by atoms with van der Waals surface area (Å²) in [4.78, 5) is 24.2. The van der Waals surface area contributed by atoms with Crippen molar-refractivity contribution in [1.82, 2.24) is 10.1 Å². The minimum absolute atomic E-state index is 0.0905. The lowest BCUT2D eigenvalue weighted by Crippen LogP contribution is -2.00. The van der Waals surface area contributed by atoms with Gasteiger partial charge in [0.15, 0.2) is 0 Å². The molecule has 0 fully saturated rings. The summed E-state index contributed by atoms with van der Waals surface area (Å²) >= 11 is 0. The Bertz CT molecular complexity index is 557. The van der Waals surface area contributed by atoms with Gasteiger partial charge in [0.05, 0.1) is 4.92 Å². The van der Waals surface area contributed by atoms with Gasteiger partial charge < -0.3 is 4.52 Å². The van der Waals surface area contributed by atoms with Gasteiger partial charge in [-0.15, -0.1) is 0 Å². The van der Waals surface area contributed by atoms with Crippen LogP contribution >= 0.6 is 0 Å². The summed E-state index contributed by atoms with van der Waals surface area (Å²) in [5.41, 5.74) is -0.670. The summed E-state index contributed by atoms with van der Waals surface area (Å²) in [6.07, 6.45) is 0. The molecule has 0 aliphatic carbocycles. The largest absolute Gasteiger partial charge is 0.377 e. The van der Waals surface area contributed by atoms with Crippen molar-refractivity contribution in [3.05, 3.63) is 44.9 Å². The molecule has 1 N–H and O–H groups in total. The Balaban J connectivity index is 2.62. The molecule has 2 rings (SSSR count). The van der Waals surface area contributed by atoms with Crippen molar-refractivity contribution in [1.29, 1.82) is 0 Å². The fourth-order valence-corrected chi connectivity index (χ4v) is 1.16. The van der Waals surface area contributed by atoms with Crippen LogP contribution in [0.25, 0.3) is 11.5 Å². The Morgan fingerprint density at radius 3 is 2.73 bits per heavy atom. The first-order valence-electron chi connectivity index (χ1n) is 3.98. The van der Waals surface area contributed by atoms with Crippen molar-refractivity contribution in [2.75, 3.05) is 0 Å². The molecule has 0 saturated heterocycles. The molecular formula is C8H5N3O4. The van der Waals surface area contributed by atoms with E-state index in [9.17, 15) is 14.9 Å². The standard InChI is InChI=1S/C8H5N3O4/c12-8-9-7(15-10-8)5-3-1-2-4-6(5)11(13)14/h1-4H,(H,10,12). The summed E-state index contributed by atoms with van der Waals surface area (Å²) in [5.74, 6) is -0.0905. The SMILES string of the molecule is O=c1nc(-c2ccccc2[N+](=O)[O-])o[nH]1. The van der Waals surface area contributed by atoms with Crippen LogP contribution in [0.1, 0.15) is 0 Å². The number of aromatic amines is 1. The summed E-state index contributed by atoms with van der Waals surface area (Å²) < 4.78 is 4.69. The third-order valence-corrected chi connectivity index (χ3v) is 1.77. The molecule has 15 heavy (non-hydrogen) atoms. The van der Waals surface area contributed by atoms with E-state index in [0.29, 0.717) is 0 Å². The zero-order valence-corrected chi connectivity index (χ0v) is 7.34. The second kappa shape index (κ2) is 3.37. The first-order chi connectivity index (χ1) is 7.18. The number of nitro benzene ring substituents is 1. The van der Waals surface area contributed by atoms with E-state index in [-0.39, 0.29) is 17.1 Å². The van der Waals surface area contributed by atoms with Crippen molar-refractivity contribution < 1.29 is 9.45 Å². The van der Waals surface area contributed by atoms with E-state index in [0.717, 1.165) is 0 Å². The highest BCUT2D eigenvalue weighted by Crippen LogP contribution is 2.26. The highest BCUT2D eigenvalue weighted by Gasteiger charge is 2.18. The first-order valence-corrected chi connectivity index (χ1v) is 3.98. The van der Waals surface area contributed by atoms with E-state index in [1.807, 2.05) is 5.16 Å². The van der Waals surface area contributed by atoms with Crippen LogP contribution in [-0.4, -0.2) is 15.1 Å². The molecule has 1 aromatic carbocycles. The Labute approximate surface area is 82.5 Å². The van der Waals surface area contributed by atoms with Gasteiger partial charge in [-0.05, 0) is 6.07 Å². The van der Waals surface area contributed by atoms with Crippen molar-refractivity contribution in [3.63, 3.8) is 0 Å². The van der Waals surface area contributed by atoms with Crippen LogP contribution in [0.15, 0.2) is 33.6 Å². The minimum Gasteiger partial charge on any atom is -0.356 e. The normalized spacial score (nSPS) is 10.1. The Morgan fingerprint density at radius 2 is 2.13 bits per heavy atom. The summed E-state index contributed by atoms with van der Waals surface area (Å²) in [6.45, 7) is 0. The third kappa shape index (κ3) is 1.62. The van der Waals surface area contributed by atoms with E-state index in [1.165, 1.54) is 18.2 Å². The van der Waals surface area contributed by atoms with E-state index < -0.39 is 10.6 Å². The number of benzene rings is 1. The maximum Gasteiger partial charge on any atom is 0.377 e. The number of aromatic nitrogens is 2. The monoisotopic (exact) mass is 207 g/mol. The Hall–Kier alpha value is -2.44. The molecule has 0 bridgehead atoms. The minimum atomic E-state index is -0.678. The van der Waals surface area contributed by atoms with Crippen LogP contribution in [0.4, 0.5) is 5.69 Å². The highest BCUT2D eigenvalue weighted by molar-refractivity contribution is 5.65. The van der Waals surface area contributed by atoms with Crippen molar-refractivity contribution in [2.45, 2.75) is 0 Å². The maximum atomic E-state index is 10.7. The lowest BCUT2D eigenvalue weighted by molar-refractivity contribution is -0.384.